The highest BCUT2D eigenvalue weighted by Crippen LogP contribution is 2.32. The number of aromatic nitrogens is 2. The molecule has 1 aromatic heterocycles. The number of carboxylic acids is 1. The van der Waals surface area contributed by atoms with E-state index in [2.05, 4.69) is 9.97 Å². The van der Waals surface area contributed by atoms with Crippen LogP contribution in [0.3, 0.4) is 0 Å². The van der Waals surface area contributed by atoms with E-state index in [9.17, 15) is 18.0 Å². The fourth-order valence-corrected chi connectivity index (χ4v) is 1.93. The number of nitrogens with zero attached hydrogens (tertiary/aromatic N) is 3. The van der Waals surface area contributed by atoms with Crippen LogP contribution < -0.4 is 9.64 Å². The Hall–Kier alpha value is -2.84. The molecule has 9 heteroatoms. The zero-order valence-corrected chi connectivity index (χ0v) is 12.8. The van der Waals surface area contributed by atoms with Crippen LogP contribution in [0.4, 0.5) is 19.1 Å². The van der Waals surface area contributed by atoms with E-state index in [1.807, 2.05) is 0 Å². The van der Waals surface area contributed by atoms with Crippen LogP contribution in [0.1, 0.15) is 5.69 Å². The molecule has 0 saturated heterocycles. The predicted octanol–water partition coefficient (Wildman–Crippen LogP) is 2.69. The summed E-state index contributed by atoms with van der Waals surface area (Å²) < 4.78 is 44.2. The number of aliphatic carboxylic acids is 1. The van der Waals surface area contributed by atoms with Crippen LogP contribution in [-0.2, 0) is 11.0 Å². The van der Waals surface area contributed by atoms with Crippen molar-refractivity contribution >= 4 is 11.9 Å². The normalized spacial score (nSPS) is 11.2. The molecule has 1 aromatic carbocycles. The van der Waals surface area contributed by atoms with Crippen molar-refractivity contribution in [3.05, 3.63) is 36.0 Å². The van der Waals surface area contributed by atoms with Crippen LogP contribution in [0.5, 0.6) is 5.75 Å². The Morgan fingerprint density at radius 1 is 1.25 bits per heavy atom. The number of rotatable bonds is 5. The second kappa shape index (κ2) is 6.73. The molecule has 0 spiro atoms. The number of benzene rings is 1. The predicted molar refractivity (Wildman–Crippen MR) is 79.9 cm³/mol. The number of carbonyl (C=O) groups is 1. The summed E-state index contributed by atoms with van der Waals surface area (Å²) in [5, 5.41) is 8.79. The number of halogens is 3. The maximum atomic E-state index is 13.1. The molecule has 0 amide bonds. The lowest BCUT2D eigenvalue weighted by atomic mass is 10.1. The molecule has 0 atom stereocenters. The van der Waals surface area contributed by atoms with Crippen molar-refractivity contribution in [1.29, 1.82) is 0 Å². The van der Waals surface area contributed by atoms with Crippen LogP contribution in [0, 0.1) is 0 Å². The van der Waals surface area contributed by atoms with Crippen LogP contribution in [0.25, 0.3) is 11.3 Å². The van der Waals surface area contributed by atoms with Crippen molar-refractivity contribution < 1.29 is 27.8 Å². The minimum Gasteiger partial charge on any atom is -0.497 e. The highest BCUT2D eigenvalue weighted by atomic mass is 19.4. The van der Waals surface area contributed by atoms with Gasteiger partial charge in [0.05, 0.1) is 12.8 Å². The molecular weight excluding hydrogens is 327 g/mol. The second-order valence-electron chi connectivity index (χ2n) is 4.91. The first kappa shape index (κ1) is 17.5. The van der Waals surface area contributed by atoms with E-state index < -0.39 is 24.4 Å². The summed E-state index contributed by atoms with van der Waals surface area (Å²) in [5.41, 5.74) is -0.684. The molecule has 0 fully saturated rings. The van der Waals surface area contributed by atoms with Crippen molar-refractivity contribution in [1.82, 2.24) is 9.97 Å². The second-order valence-corrected chi connectivity index (χ2v) is 4.91. The van der Waals surface area contributed by atoms with E-state index in [1.54, 1.807) is 24.3 Å². The molecule has 1 heterocycles. The quantitative estimate of drug-likeness (QED) is 0.901. The maximum absolute atomic E-state index is 13.1. The van der Waals surface area contributed by atoms with Gasteiger partial charge < -0.3 is 14.7 Å². The molecule has 0 bridgehead atoms. The van der Waals surface area contributed by atoms with Crippen molar-refractivity contribution in [3.8, 4) is 17.0 Å². The molecule has 0 aliphatic carbocycles. The van der Waals surface area contributed by atoms with E-state index in [1.165, 1.54) is 14.2 Å². The highest BCUT2D eigenvalue weighted by Gasteiger charge is 2.34. The SMILES string of the molecule is COc1ccc(-c2cc(C(F)(F)F)nc(N(C)CC(=O)O)n2)cc1. The topological polar surface area (TPSA) is 75.5 Å². The van der Waals surface area contributed by atoms with Gasteiger partial charge in [0.1, 0.15) is 12.3 Å². The van der Waals surface area contributed by atoms with Gasteiger partial charge in [-0.2, -0.15) is 13.2 Å². The minimum absolute atomic E-state index is 0.0345. The molecule has 2 rings (SSSR count). The zero-order valence-electron chi connectivity index (χ0n) is 12.8. The number of alkyl halides is 3. The molecule has 1 N–H and O–H groups in total. The third-order valence-corrected chi connectivity index (χ3v) is 3.10. The summed E-state index contributed by atoms with van der Waals surface area (Å²) in [7, 11) is 2.78. The average molecular weight is 341 g/mol. The molecule has 0 aliphatic heterocycles. The lowest BCUT2D eigenvalue weighted by molar-refractivity contribution is -0.141. The van der Waals surface area contributed by atoms with Crippen LogP contribution in [-0.4, -0.2) is 41.7 Å². The summed E-state index contributed by atoms with van der Waals surface area (Å²) >= 11 is 0. The van der Waals surface area contributed by atoms with E-state index in [4.69, 9.17) is 9.84 Å². The van der Waals surface area contributed by atoms with E-state index in [-0.39, 0.29) is 11.6 Å². The number of methoxy groups -OCH3 is 1. The molecule has 0 radical (unpaired) electrons. The molecule has 128 valence electrons. The molecule has 6 nitrogen and oxygen atoms in total. The Balaban J connectivity index is 2.51. The molecule has 0 aliphatic rings. The van der Waals surface area contributed by atoms with Gasteiger partial charge >= 0.3 is 12.1 Å². The Morgan fingerprint density at radius 3 is 2.38 bits per heavy atom. The van der Waals surface area contributed by atoms with Gasteiger partial charge in [0.25, 0.3) is 0 Å². The van der Waals surface area contributed by atoms with Crippen molar-refractivity contribution in [2.24, 2.45) is 0 Å². The van der Waals surface area contributed by atoms with Crippen LogP contribution in [0.2, 0.25) is 0 Å². The maximum Gasteiger partial charge on any atom is 0.433 e. The van der Waals surface area contributed by atoms with Crippen LogP contribution >= 0.6 is 0 Å². The van der Waals surface area contributed by atoms with Gasteiger partial charge in [0, 0.05) is 12.6 Å². The van der Waals surface area contributed by atoms with E-state index in [0.29, 0.717) is 11.3 Å². The number of hydrogen-bond acceptors (Lipinski definition) is 5. The number of likely N-dealkylation sites (N-methyl/N-ethyl adjacent to an activating group) is 1. The first-order chi connectivity index (χ1) is 11.2. The van der Waals surface area contributed by atoms with Crippen molar-refractivity contribution in [2.45, 2.75) is 6.18 Å². The summed E-state index contributed by atoms with van der Waals surface area (Å²) in [5.74, 6) is -0.977. The highest BCUT2D eigenvalue weighted by molar-refractivity contribution is 5.73. The molecule has 2 aromatic rings. The van der Waals surface area contributed by atoms with E-state index >= 15 is 0 Å². The molecular formula is C15H14F3N3O3. The molecule has 24 heavy (non-hydrogen) atoms. The lowest BCUT2D eigenvalue weighted by Crippen LogP contribution is -2.28. The average Bonchev–Trinajstić information content (AvgIpc) is 2.53. The fraction of sp³-hybridized carbons (Fsp3) is 0.267. The number of anilines is 1. The summed E-state index contributed by atoms with van der Waals surface area (Å²) in [6, 6.07) is 7.11. The van der Waals surface area contributed by atoms with Gasteiger partial charge in [-0.1, -0.05) is 0 Å². The van der Waals surface area contributed by atoms with Gasteiger partial charge in [-0.15, -0.1) is 0 Å². The lowest BCUT2D eigenvalue weighted by Gasteiger charge is -2.17. The van der Waals surface area contributed by atoms with Gasteiger partial charge in [-0.25, -0.2) is 9.97 Å². The zero-order chi connectivity index (χ0) is 17.9. The van der Waals surface area contributed by atoms with Gasteiger partial charge in [0.15, 0.2) is 5.69 Å². The Morgan fingerprint density at radius 2 is 1.88 bits per heavy atom. The van der Waals surface area contributed by atoms with Gasteiger partial charge in [0.2, 0.25) is 5.95 Å². The number of hydrogen-bond donors (Lipinski definition) is 1. The Kier molecular flexibility index (Phi) is 4.91. The van der Waals surface area contributed by atoms with Crippen molar-refractivity contribution in [2.75, 3.05) is 25.6 Å². The Bertz CT molecular complexity index is 733. The number of ether oxygens (including phenoxy) is 1. The smallest absolute Gasteiger partial charge is 0.433 e. The standard InChI is InChI=1S/C15H14F3N3O3/c1-21(8-13(22)23)14-19-11(7-12(20-14)15(16,17)18)9-3-5-10(24-2)6-4-9/h3-7H,8H2,1-2H3,(H,22,23). The van der Waals surface area contributed by atoms with Crippen molar-refractivity contribution in [3.63, 3.8) is 0 Å². The minimum atomic E-state index is -4.68. The third kappa shape index (κ3) is 4.12. The fourth-order valence-electron chi connectivity index (χ4n) is 1.93. The van der Waals surface area contributed by atoms with E-state index in [0.717, 1.165) is 11.0 Å². The summed E-state index contributed by atoms with van der Waals surface area (Å²) in [6.45, 7) is -0.524. The summed E-state index contributed by atoms with van der Waals surface area (Å²) in [4.78, 5) is 19.2. The first-order valence-electron chi connectivity index (χ1n) is 6.74. The molecule has 0 unspecified atom stereocenters. The monoisotopic (exact) mass is 341 g/mol. The third-order valence-electron chi connectivity index (χ3n) is 3.10. The van der Waals surface area contributed by atoms with Gasteiger partial charge in [-0.05, 0) is 30.3 Å². The van der Waals surface area contributed by atoms with Crippen LogP contribution in [0.15, 0.2) is 30.3 Å². The number of carboxylic acid groups (broad SMARTS) is 1. The molecule has 0 saturated carbocycles. The largest absolute Gasteiger partial charge is 0.497 e. The first-order valence-corrected chi connectivity index (χ1v) is 6.74. The summed E-state index contributed by atoms with van der Waals surface area (Å²) in [6.07, 6.45) is -4.68. The Labute approximate surface area is 135 Å². The van der Waals surface area contributed by atoms with Gasteiger partial charge in [-0.3, -0.25) is 4.79 Å².